The number of halogens is 11. The molecule has 22 heavy (non-hydrogen) atoms. The van der Waals surface area contributed by atoms with Crippen LogP contribution in [0.4, 0.5) is 53.1 Å². The molecule has 132 valence electrons. The Hall–Kier alpha value is -1.50. The van der Waals surface area contributed by atoms with Gasteiger partial charge in [-0.3, -0.25) is 5.32 Å². The van der Waals surface area contributed by atoms with Crippen molar-refractivity contribution in [3.8, 4) is 0 Å². The first-order valence-electron chi connectivity index (χ1n) is 4.98. The summed E-state index contributed by atoms with van der Waals surface area (Å²) in [6.45, 7) is 0.269. The van der Waals surface area contributed by atoms with Crippen molar-refractivity contribution in [3.63, 3.8) is 0 Å². The summed E-state index contributed by atoms with van der Waals surface area (Å²) >= 11 is 0. The van der Waals surface area contributed by atoms with Crippen molar-refractivity contribution >= 4 is 6.09 Å². The second-order valence-corrected chi connectivity index (χ2v) is 3.64. The van der Waals surface area contributed by atoms with Gasteiger partial charge in [0.15, 0.2) is 0 Å². The van der Waals surface area contributed by atoms with Crippen LogP contribution in [0.15, 0.2) is 0 Å². The Bertz CT molecular complexity index is 417. The topological polar surface area (TPSA) is 38.3 Å². The summed E-state index contributed by atoms with van der Waals surface area (Å²) in [5.74, 6) is -22.4. The van der Waals surface area contributed by atoms with Crippen LogP contribution in [0.25, 0.3) is 0 Å². The number of alkyl halides is 11. The normalized spacial score (nSPS) is 14.7. The van der Waals surface area contributed by atoms with Crippen LogP contribution in [-0.4, -0.2) is 42.7 Å². The summed E-state index contributed by atoms with van der Waals surface area (Å²) in [5, 5.41) is -0.198. The minimum Gasteiger partial charge on any atom is -0.450 e. The molecule has 0 aromatic rings. The fourth-order valence-corrected chi connectivity index (χ4v) is 0.946. The zero-order valence-electron chi connectivity index (χ0n) is 10.2. The molecule has 0 heterocycles. The molecule has 0 aliphatic heterocycles. The van der Waals surface area contributed by atoms with E-state index in [0.29, 0.717) is 0 Å². The number of rotatable bonds is 5. The number of nitrogens with one attached hydrogen (secondary N) is 1. The van der Waals surface area contributed by atoms with Crippen LogP contribution in [0, 0.1) is 0 Å². The SMILES string of the molecule is CCOC(=O)NC(F)(F)C(F)(F)C(F)(F)C(F)(F)C(F)(F)F. The lowest BCUT2D eigenvalue weighted by Crippen LogP contribution is -2.70. The number of ether oxygens (including phenoxy) is 1. The molecule has 0 atom stereocenters. The van der Waals surface area contributed by atoms with E-state index in [1.54, 1.807) is 0 Å². The van der Waals surface area contributed by atoms with Crippen molar-refractivity contribution in [3.05, 3.63) is 0 Å². The molecule has 0 aliphatic carbocycles. The van der Waals surface area contributed by atoms with Crippen LogP contribution in [0.3, 0.4) is 0 Å². The number of hydrogen-bond acceptors (Lipinski definition) is 2. The van der Waals surface area contributed by atoms with Gasteiger partial charge < -0.3 is 4.74 Å². The summed E-state index contributed by atoms with van der Waals surface area (Å²) in [5.41, 5.74) is 0. The fourth-order valence-electron chi connectivity index (χ4n) is 0.946. The highest BCUT2D eigenvalue weighted by Crippen LogP contribution is 2.56. The number of amides is 1. The first-order valence-corrected chi connectivity index (χ1v) is 4.98. The Morgan fingerprint density at radius 2 is 1.23 bits per heavy atom. The largest absolute Gasteiger partial charge is 0.460 e. The standard InChI is InChI=1S/C8H6F11NO2/c1-2-22-3(21)20-8(18,19)6(13,14)4(9,10)5(11,12)7(15,16)17/h2H2,1H3,(H,20,21). The van der Waals surface area contributed by atoms with E-state index < -0.39 is 42.7 Å². The highest BCUT2D eigenvalue weighted by molar-refractivity contribution is 5.67. The molecule has 0 radical (unpaired) electrons. The molecule has 1 N–H and O–H groups in total. The molecule has 0 saturated carbocycles. The van der Waals surface area contributed by atoms with Crippen LogP contribution in [0.5, 0.6) is 0 Å². The second-order valence-electron chi connectivity index (χ2n) is 3.64. The van der Waals surface area contributed by atoms with Crippen molar-refractivity contribution in [1.82, 2.24) is 5.32 Å². The zero-order valence-corrected chi connectivity index (χ0v) is 10.2. The van der Waals surface area contributed by atoms with E-state index in [9.17, 15) is 53.1 Å². The van der Waals surface area contributed by atoms with Crippen LogP contribution >= 0.6 is 0 Å². The van der Waals surface area contributed by atoms with E-state index >= 15 is 0 Å². The van der Waals surface area contributed by atoms with Crippen LogP contribution < -0.4 is 5.32 Å². The molecular formula is C8H6F11NO2. The number of hydrogen-bond donors (Lipinski definition) is 1. The van der Waals surface area contributed by atoms with Gasteiger partial charge in [0.05, 0.1) is 6.61 Å². The van der Waals surface area contributed by atoms with Gasteiger partial charge in [0.1, 0.15) is 0 Å². The van der Waals surface area contributed by atoms with Gasteiger partial charge in [0.2, 0.25) is 0 Å². The van der Waals surface area contributed by atoms with Crippen molar-refractivity contribution in [2.75, 3.05) is 6.61 Å². The molecule has 0 aromatic carbocycles. The summed E-state index contributed by atoms with van der Waals surface area (Å²) in [6.07, 6.45) is -9.68. The van der Waals surface area contributed by atoms with Crippen molar-refractivity contribution < 1.29 is 57.8 Å². The third-order valence-corrected chi connectivity index (χ3v) is 2.07. The quantitative estimate of drug-likeness (QED) is 0.601. The third-order valence-electron chi connectivity index (χ3n) is 2.07. The monoisotopic (exact) mass is 357 g/mol. The highest BCUT2D eigenvalue weighted by Gasteiger charge is 2.87. The van der Waals surface area contributed by atoms with Crippen LogP contribution in [-0.2, 0) is 4.74 Å². The molecule has 14 heteroatoms. The number of carbonyl (C=O) groups excluding carboxylic acids is 1. The molecular weight excluding hydrogens is 351 g/mol. The molecule has 0 saturated heterocycles. The fraction of sp³-hybridized carbons (Fsp3) is 0.875. The predicted molar refractivity (Wildman–Crippen MR) is 46.0 cm³/mol. The van der Waals surface area contributed by atoms with Gasteiger partial charge in [-0.2, -0.15) is 48.3 Å². The zero-order chi connectivity index (χ0) is 18.2. The van der Waals surface area contributed by atoms with Gasteiger partial charge in [0.25, 0.3) is 0 Å². The van der Waals surface area contributed by atoms with E-state index in [1.165, 1.54) is 0 Å². The number of carbonyl (C=O) groups is 1. The van der Waals surface area contributed by atoms with Gasteiger partial charge in [-0.05, 0) is 6.92 Å². The first-order chi connectivity index (χ1) is 9.45. The Labute approximate surface area is 114 Å². The van der Waals surface area contributed by atoms with Crippen molar-refractivity contribution in [2.45, 2.75) is 36.9 Å². The van der Waals surface area contributed by atoms with Gasteiger partial charge in [-0.1, -0.05) is 0 Å². The maximum Gasteiger partial charge on any atom is 0.460 e. The van der Waals surface area contributed by atoms with E-state index in [-0.39, 0.29) is 5.32 Å². The smallest absolute Gasteiger partial charge is 0.450 e. The molecule has 0 fully saturated rings. The van der Waals surface area contributed by atoms with Crippen LogP contribution in [0.1, 0.15) is 6.92 Å². The summed E-state index contributed by atoms with van der Waals surface area (Å²) in [6, 6.07) is -6.46. The molecule has 0 rings (SSSR count). The summed E-state index contributed by atoms with van der Waals surface area (Å²) in [7, 11) is 0. The van der Waals surface area contributed by atoms with E-state index in [2.05, 4.69) is 4.74 Å². The Balaban J connectivity index is 5.74. The first kappa shape index (κ1) is 20.5. The molecule has 3 nitrogen and oxygen atoms in total. The Kier molecular flexibility index (Phi) is 5.22. The molecule has 0 spiro atoms. The van der Waals surface area contributed by atoms with Crippen LogP contribution in [0.2, 0.25) is 0 Å². The van der Waals surface area contributed by atoms with Crippen molar-refractivity contribution in [2.24, 2.45) is 0 Å². The Morgan fingerprint density at radius 1 is 0.818 bits per heavy atom. The minimum absolute atomic E-state index is 0.198. The third kappa shape index (κ3) is 3.14. The highest BCUT2D eigenvalue weighted by atomic mass is 19.4. The van der Waals surface area contributed by atoms with Gasteiger partial charge in [-0.25, -0.2) is 4.79 Å². The lowest BCUT2D eigenvalue weighted by atomic mass is 10.0. The summed E-state index contributed by atoms with van der Waals surface area (Å²) in [4.78, 5) is 10.5. The molecule has 0 unspecified atom stereocenters. The molecule has 1 amide bonds. The maximum absolute atomic E-state index is 12.9. The Morgan fingerprint density at radius 3 is 1.55 bits per heavy atom. The number of alkyl carbamates (subject to hydrolysis) is 1. The lowest BCUT2D eigenvalue weighted by molar-refractivity contribution is -0.424. The molecule has 0 aromatic heterocycles. The van der Waals surface area contributed by atoms with Gasteiger partial charge in [0, 0.05) is 0 Å². The minimum atomic E-state index is -7.57. The van der Waals surface area contributed by atoms with E-state index in [4.69, 9.17) is 0 Å². The predicted octanol–water partition coefficient (Wildman–Crippen LogP) is 3.79. The maximum atomic E-state index is 12.9. The van der Waals surface area contributed by atoms with Gasteiger partial charge >= 0.3 is 36.1 Å². The molecule has 0 aliphatic rings. The second kappa shape index (κ2) is 5.61. The lowest BCUT2D eigenvalue weighted by Gasteiger charge is -2.36. The van der Waals surface area contributed by atoms with E-state index in [0.717, 1.165) is 6.92 Å². The van der Waals surface area contributed by atoms with E-state index in [1.807, 2.05) is 0 Å². The van der Waals surface area contributed by atoms with Crippen molar-refractivity contribution in [1.29, 1.82) is 0 Å². The average Bonchev–Trinajstić information content (AvgIpc) is 2.25. The van der Waals surface area contributed by atoms with Gasteiger partial charge in [-0.15, -0.1) is 0 Å². The average molecular weight is 357 g/mol. The molecule has 0 bridgehead atoms. The summed E-state index contributed by atoms with van der Waals surface area (Å²) < 4.78 is 140.